The molecule has 0 atom stereocenters. The zero-order valence-electron chi connectivity index (χ0n) is 7.09. The molecule has 0 radical (unpaired) electrons. The molecule has 2 heteroatoms. The highest BCUT2D eigenvalue weighted by atomic mass is 14.7. The smallest absolute Gasteiger partial charge is 0.0459 e. The Hall–Kier alpha value is -1.28. The molecule has 0 aliphatic heterocycles. The van der Waals surface area contributed by atoms with Gasteiger partial charge in [-0.05, 0) is 24.1 Å². The predicted octanol–water partition coefficient (Wildman–Crippen LogP) is 1.94. The van der Waals surface area contributed by atoms with Gasteiger partial charge in [0.1, 0.15) is 0 Å². The quantitative estimate of drug-likeness (QED) is 0.657. The van der Waals surface area contributed by atoms with Crippen molar-refractivity contribution in [2.45, 2.75) is 13.5 Å². The van der Waals surface area contributed by atoms with Gasteiger partial charge in [-0.2, -0.15) is 0 Å². The average Bonchev–Trinajstić information content (AvgIpc) is 2.46. The van der Waals surface area contributed by atoms with Crippen LogP contribution in [0.25, 0.3) is 10.9 Å². The topological polar surface area (TPSA) is 41.8 Å². The Labute approximate surface area is 71.4 Å². The molecular weight excluding hydrogens is 148 g/mol. The lowest BCUT2D eigenvalue weighted by Gasteiger charge is -1.94. The number of nitrogens with two attached hydrogens (primary N) is 1. The number of aryl methyl sites for hydroxylation is 1. The zero-order chi connectivity index (χ0) is 8.55. The molecule has 1 heterocycles. The van der Waals surface area contributed by atoms with Gasteiger partial charge < -0.3 is 10.7 Å². The van der Waals surface area contributed by atoms with Gasteiger partial charge in [-0.3, -0.25) is 0 Å². The molecule has 0 unspecified atom stereocenters. The third-order valence-electron chi connectivity index (χ3n) is 2.14. The maximum Gasteiger partial charge on any atom is 0.0459 e. The molecule has 0 spiro atoms. The Kier molecular flexibility index (Phi) is 1.62. The summed E-state index contributed by atoms with van der Waals surface area (Å²) in [5.74, 6) is 0. The minimum Gasteiger partial charge on any atom is -0.361 e. The van der Waals surface area contributed by atoms with E-state index in [1.165, 1.54) is 22.0 Å². The summed E-state index contributed by atoms with van der Waals surface area (Å²) in [5.41, 5.74) is 9.21. The van der Waals surface area contributed by atoms with Crippen LogP contribution in [0.2, 0.25) is 0 Å². The van der Waals surface area contributed by atoms with Crippen LogP contribution in [-0.4, -0.2) is 4.98 Å². The van der Waals surface area contributed by atoms with Gasteiger partial charge in [0.05, 0.1) is 0 Å². The normalized spacial score (nSPS) is 10.8. The Morgan fingerprint density at radius 3 is 3.00 bits per heavy atom. The van der Waals surface area contributed by atoms with E-state index in [-0.39, 0.29) is 0 Å². The van der Waals surface area contributed by atoms with Crippen molar-refractivity contribution in [2.75, 3.05) is 0 Å². The molecule has 0 fully saturated rings. The summed E-state index contributed by atoms with van der Waals surface area (Å²) in [6.45, 7) is 2.69. The van der Waals surface area contributed by atoms with Crippen LogP contribution in [0.1, 0.15) is 11.1 Å². The minimum absolute atomic E-state index is 0.600. The molecule has 0 aliphatic carbocycles. The molecule has 0 amide bonds. The summed E-state index contributed by atoms with van der Waals surface area (Å²) in [4.78, 5) is 3.20. The number of rotatable bonds is 1. The fourth-order valence-corrected chi connectivity index (χ4v) is 1.47. The average molecular weight is 160 g/mol. The number of benzene rings is 1. The van der Waals surface area contributed by atoms with Crippen LogP contribution >= 0.6 is 0 Å². The van der Waals surface area contributed by atoms with Crippen molar-refractivity contribution >= 4 is 10.9 Å². The molecule has 2 nitrogen and oxygen atoms in total. The second kappa shape index (κ2) is 2.64. The SMILES string of the molecule is Cc1ccc2c(CN)c[nH]c2c1. The highest BCUT2D eigenvalue weighted by Gasteiger charge is 2.00. The molecule has 0 bridgehead atoms. The Balaban J connectivity index is 2.73. The monoisotopic (exact) mass is 160 g/mol. The lowest BCUT2D eigenvalue weighted by molar-refractivity contribution is 1.08. The van der Waals surface area contributed by atoms with E-state index in [9.17, 15) is 0 Å². The molecule has 12 heavy (non-hydrogen) atoms. The summed E-state index contributed by atoms with van der Waals surface area (Å²) >= 11 is 0. The van der Waals surface area contributed by atoms with Gasteiger partial charge in [0.15, 0.2) is 0 Å². The van der Waals surface area contributed by atoms with Crippen LogP contribution in [0.4, 0.5) is 0 Å². The molecule has 2 rings (SSSR count). The number of fused-ring (bicyclic) bond motifs is 1. The number of aromatic nitrogens is 1. The van der Waals surface area contributed by atoms with Crippen molar-refractivity contribution in [3.63, 3.8) is 0 Å². The summed E-state index contributed by atoms with van der Waals surface area (Å²) in [6, 6.07) is 6.35. The number of nitrogens with one attached hydrogen (secondary N) is 1. The van der Waals surface area contributed by atoms with Crippen molar-refractivity contribution in [1.29, 1.82) is 0 Å². The van der Waals surface area contributed by atoms with Crippen molar-refractivity contribution in [3.05, 3.63) is 35.5 Å². The number of aromatic amines is 1. The van der Waals surface area contributed by atoms with Gasteiger partial charge >= 0.3 is 0 Å². The largest absolute Gasteiger partial charge is 0.361 e. The van der Waals surface area contributed by atoms with Crippen molar-refractivity contribution in [3.8, 4) is 0 Å². The summed E-state index contributed by atoms with van der Waals surface area (Å²) in [6.07, 6.45) is 1.98. The van der Waals surface area contributed by atoms with Crippen LogP contribution in [0.5, 0.6) is 0 Å². The molecule has 0 saturated heterocycles. The highest BCUT2D eigenvalue weighted by Crippen LogP contribution is 2.18. The van der Waals surface area contributed by atoms with Crippen LogP contribution in [-0.2, 0) is 6.54 Å². The first-order valence-electron chi connectivity index (χ1n) is 4.08. The van der Waals surface area contributed by atoms with Gasteiger partial charge in [0.2, 0.25) is 0 Å². The third-order valence-corrected chi connectivity index (χ3v) is 2.14. The summed E-state index contributed by atoms with van der Waals surface area (Å²) in [7, 11) is 0. The number of hydrogen-bond acceptors (Lipinski definition) is 1. The molecule has 1 aromatic carbocycles. The molecule has 3 N–H and O–H groups in total. The number of hydrogen-bond donors (Lipinski definition) is 2. The summed E-state index contributed by atoms with van der Waals surface area (Å²) in [5, 5.41) is 1.24. The lowest BCUT2D eigenvalue weighted by Crippen LogP contribution is -1.93. The van der Waals surface area contributed by atoms with E-state index in [0.717, 1.165) is 0 Å². The van der Waals surface area contributed by atoms with Gasteiger partial charge in [-0.1, -0.05) is 12.1 Å². The molecule has 62 valence electrons. The predicted molar refractivity (Wildman–Crippen MR) is 50.9 cm³/mol. The Morgan fingerprint density at radius 1 is 1.42 bits per heavy atom. The van der Waals surface area contributed by atoms with Crippen molar-refractivity contribution < 1.29 is 0 Å². The number of H-pyrrole nitrogens is 1. The maximum atomic E-state index is 5.58. The molecule has 1 aromatic heterocycles. The third kappa shape index (κ3) is 1.01. The Morgan fingerprint density at radius 2 is 2.25 bits per heavy atom. The van der Waals surface area contributed by atoms with Crippen LogP contribution in [0.3, 0.4) is 0 Å². The maximum absolute atomic E-state index is 5.58. The van der Waals surface area contributed by atoms with Crippen LogP contribution in [0.15, 0.2) is 24.4 Å². The highest BCUT2D eigenvalue weighted by molar-refractivity contribution is 5.83. The van der Waals surface area contributed by atoms with E-state index in [4.69, 9.17) is 5.73 Å². The second-order valence-corrected chi connectivity index (χ2v) is 3.07. The second-order valence-electron chi connectivity index (χ2n) is 3.07. The first-order valence-corrected chi connectivity index (χ1v) is 4.08. The van der Waals surface area contributed by atoms with E-state index in [2.05, 4.69) is 30.1 Å². The van der Waals surface area contributed by atoms with Crippen LogP contribution < -0.4 is 5.73 Å². The van der Waals surface area contributed by atoms with Gasteiger partial charge in [-0.25, -0.2) is 0 Å². The fraction of sp³-hybridized carbons (Fsp3) is 0.200. The van der Waals surface area contributed by atoms with E-state index in [1.54, 1.807) is 0 Å². The van der Waals surface area contributed by atoms with Gasteiger partial charge in [0.25, 0.3) is 0 Å². The van der Waals surface area contributed by atoms with E-state index in [0.29, 0.717) is 6.54 Å². The van der Waals surface area contributed by atoms with Gasteiger partial charge in [0, 0.05) is 23.6 Å². The summed E-state index contributed by atoms with van der Waals surface area (Å²) < 4.78 is 0. The fourth-order valence-electron chi connectivity index (χ4n) is 1.47. The molecular formula is C10H12N2. The minimum atomic E-state index is 0.600. The van der Waals surface area contributed by atoms with Crippen molar-refractivity contribution in [2.24, 2.45) is 5.73 Å². The standard InChI is InChI=1S/C10H12N2/c1-7-2-3-9-8(5-11)6-12-10(9)4-7/h2-4,6,12H,5,11H2,1H3. The Bertz CT molecular complexity index is 401. The van der Waals surface area contributed by atoms with E-state index in [1.807, 2.05) is 6.20 Å². The van der Waals surface area contributed by atoms with Crippen LogP contribution in [0, 0.1) is 6.92 Å². The first-order chi connectivity index (χ1) is 5.81. The molecule has 0 aliphatic rings. The molecule has 2 aromatic rings. The van der Waals surface area contributed by atoms with E-state index >= 15 is 0 Å². The van der Waals surface area contributed by atoms with Gasteiger partial charge in [-0.15, -0.1) is 0 Å². The zero-order valence-corrected chi connectivity index (χ0v) is 7.09. The van der Waals surface area contributed by atoms with Crippen molar-refractivity contribution in [1.82, 2.24) is 4.98 Å². The van der Waals surface area contributed by atoms with E-state index < -0.39 is 0 Å². The lowest BCUT2D eigenvalue weighted by atomic mass is 10.1. The first kappa shape index (κ1) is 7.37. The molecule has 0 saturated carbocycles.